The first kappa shape index (κ1) is 13.4. The first-order chi connectivity index (χ1) is 7.42. The molecule has 1 unspecified atom stereocenters. The molecule has 1 aromatic carbocycles. The van der Waals surface area contributed by atoms with E-state index in [1.165, 1.54) is 12.1 Å². The van der Waals surface area contributed by atoms with Gasteiger partial charge in [0.15, 0.2) is 0 Å². The Kier molecular flexibility index (Phi) is 4.73. The van der Waals surface area contributed by atoms with Crippen molar-refractivity contribution in [2.45, 2.75) is 24.3 Å². The van der Waals surface area contributed by atoms with E-state index in [1.807, 2.05) is 0 Å². The molecule has 16 heavy (non-hydrogen) atoms. The number of aliphatic hydroxyl groups excluding tert-OH is 1. The highest BCUT2D eigenvalue weighted by Crippen LogP contribution is 2.15. The van der Waals surface area contributed by atoms with Gasteiger partial charge in [-0.05, 0) is 31.5 Å². The van der Waals surface area contributed by atoms with Crippen LogP contribution in [0.1, 0.15) is 13.3 Å². The maximum absolute atomic E-state index is 11.7. The van der Waals surface area contributed by atoms with Crippen molar-refractivity contribution < 1.29 is 13.5 Å². The molecule has 0 bridgehead atoms. The largest absolute Gasteiger partial charge is 0.393 e. The lowest BCUT2D eigenvalue weighted by atomic mass is 10.3. The van der Waals surface area contributed by atoms with Crippen LogP contribution in [0.3, 0.4) is 0 Å². The molecule has 4 nitrogen and oxygen atoms in total. The van der Waals surface area contributed by atoms with Gasteiger partial charge in [-0.25, -0.2) is 13.1 Å². The van der Waals surface area contributed by atoms with Crippen molar-refractivity contribution in [2.75, 3.05) is 6.54 Å². The molecule has 1 rings (SSSR count). The zero-order chi connectivity index (χ0) is 12.2. The van der Waals surface area contributed by atoms with E-state index < -0.39 is 16.1 Å². The van der Waals surface area contributed by atoms with Gasteiger partial charge in [-0.2, -0.15) is 0 Å². The molecule has 0 saturated heterocycles. The van der Waals surface area contributed by atoms with Crippen LogP contribution in [0.4, 0.5) is 0 Å². The van der Waals surface area contributed by atoms with Crippen molar-refractivity contribution in [2.24, 2.45) is 0 Å². The van der Waals surface area contributed by atoms with E-state index in [9.17, 15) is 8.42 Å². The van der Waals surface area contributed by atoms with E-state index in [4.69, 9.17) is 16.7 Å². The van der Waals surface area contributed by atoms with Crippen LogP contribution in [0.2, 0.25) is 5.02 Å². The van der Waals surface area contributed by atoms with E-state index in [2.05, 4.69) is 4.72 Å². The molecule has 0 saturated carbocycles. The second-order valence-corrected chi connectivity index (χ2v) is 5.70. The number of aliphatic hydroxyl groups is 1. The van der Waals surface area contributed by atoms with Crippen LogP contribution in [0, 0.1) is 0 Å². The second-order valence-electron chi connectivity index (χ2n) is 3.49. The summed E-state index contributed by atoms with van der Waals surface area (Å²) in [6.45, 7) is 1.81. The van der Waals surface area contributed by atoms with Gasteiger partial charge in [-0.1, -0.05) is 17.7 Å². The van der Waals surface area contributed by atoms with Crippen LogP contribution in [-0.4, -0.2) is 26.2 Å². The predicted molar refractivity (Wildman–Crippen MR) is 62.9 cm³/mol. The third kappa shape index (κ3) is 4.09. The first-order valence-electron chi connectivity index (χ1n) is 4.85. The topological polar surface area (TPSA) is 66.4 Å². The molecule has 0 heterocycles. The van der Waals surface area contributed by atoms with Crippen molar-refractivity contribution in [3.63, 3.8) is 0 Å². The predicted octanol–water partition coefficient (Wildman–Crippen LogP) is 1.39. The highest BCUT2D eigenvalue weighted by molar-refractivity contribution is 7.89. The molecule has 0 aromatic heterocycles. The summed E-state index contributed by atoms with van der Waals surface area (Å²) in [7, 11) is -3.52. The zero-order valence-electron chi connectivity index (χ0n) is 8.85. The Morgan fingerprint density at radius 3 is 2.75 bits per heavy atom. The molecule has 1 atom stereocenters. The Morgan fingerprint density at radius 2 is 2.19 bits per heavy atom. The Hall–Kier alpha value is -0.620. The average molecular weight is 264 g/mol. The maximum Gasteiger partial charge on any atom is 0.240 e. The van der Waals surface area contributed by atoms with Crippen LogP contribution in [0.5, 0.6) is 0 Å². The number of rotatable bonds is 5. The summed E-state index contributed by atoms with van der Waals surface area (Å²) in [5, 5.41) is 9.38. The summed E-state index contributed by atoms with van der Waals surface area (Å²) in [5.74, 6) is 0. The number of benzene rings is 1. The molecule has 0 aliphatic heterocycles. The number of hydrogen-bond donors (Lipinski definition) is 2. The fourth-order valence-corrected chi connectivity index (χ4v) is 2.47. The molecule has 2 N–H and O–H groups in total. The summed E-state index contributed by atoms with van der Waals surface area (Å²) < 4.78 is 25.8. The molecule has 90 valence electrons. The van der Waals surface area contributed by atoms with E-state index >= 15 is 0 Å². The third-order valence-electron chi connectivity index (χ3n) is 1.96. The van der Waals surface area contributed by atoms with Crippen molar-refractivity contribution in [1.82, 2.24) is 4.72 Å². The van der Waals surface area contributed by atoms with Gasteiger partial charge < -0.3 is 5.11 Å². The molecular formula is C10H14ClNO3S. The van der Waals surface area contributed by atoms with Crippen LogP contribution in [0.25, 0.3) is 0 Å². The zero-order valence-corrected chi connectivity index (χ0v) is 10.4. The van der Waals surface area contributed by atoms with Gasteiger partial charge in [0.05, 0.1) is 11.0 Å². The highest BCUT2D eigenvalue weighted by Gasteiger charge is 2.13. The maximum atomic E-state index is 11.7. The van der Waals surface area contributed by atoms with Crippen molar-refractivity contribution in [1.29, 1.82) is 0 Å². The molecule has 0 aliphatic carbocycles. The van der Waals surface area contributed by atoms with Crippen molar-refractivity contribution >= 4 is 21.6 Å². The van der Waals surface area contributed by atoms with Crippen LogP contribution in [0.15, 0.2) is 29.2 Å². The van der Waals surface area contributed by atoms with Gasteiger partial charge in [0.1, 0.15) is 0 Å². The minimum absolute atomic E-state index is 0.130. The lowest BCUT2D eigenvalue weighted by Crippen LogP contribution is -2.26. The number of halogens is 1. The fourth-order valence-electron chi connectivity index (χ4n) is 1.12. The van der Waals surface area contributed by atoms with Crippen LogP contribution < -0.4 is 4.72 Å². The van der Waals surface area contributed by atoms with Gasteiger partial charge in [0.2, 0.25) is 10.0 Å². The van der Waals surface area contributed by atoms with Gasteiger partial charge >= 0.3 is 0 Å². The fraction of sp³-hybridized carbons (Fsp3) is 0.400. The lowest BCUT2D eigenvalue weighted by Gasteiger charge is -2.08. The number of nitrogens with one attached hydrogen (secondary N) is 1. The Morgan fingerprint density at radius 1 is 1.50 bits per heavy atom. The Labute approximate surface area is 100 Å². The minimum Gasteiger partial charge on any atom is -0.393 e. The Bertz CT molecular complexity index is 445. The molecule has 6 heteroatoms. The standard InChI is InChI=1S/C10H14ClNO3S/c1-8(13)5-6-12-16(14,15)10-4-2-3-9(11)7-10/h2-4,7-8,12-13H,5-6H2,1H3. The quantitative estimate of drug-likeness (QED) is 0.844. The SMILES string of the molecule is CC(O)CCNS(=O)(=O)c1cccc(Cl)c1. The lowest BCUT2D eigenvalue weighted by molar-refractivity contribution is 0.186. The number of hydrogen-bond acceptors (Lipinski definition) is 3. The molecule has 0 amide bonds. The van der Waals surface area contributed by atoms with E-state index in [0.29, 0.717) is 11.4 Å². The molecule has 0 fully saturated rings. The molecule has 0 aliphatic rings. The van der Waals surface area contributed by atoms with Gasteiger partial charge in [-0.3, -0.25) is 0 Å². The van der Waals surface area contributed by atoms with Crippen molar-refractivity contribution in [3.05, 3.63) is 29.3 Å². The normalized spacial score (nSPS) is 13.7. The van der Waals surface area contributed by atoms with Crippen molar-refractivity contribution in [3.8, 4) is 0 Å². The minimum atomic E-state index is -3.52. The van der Waals surface area contributed by atoms with E-state index in [1.54, 1.807) is 19.1 Å². The summed E-state index contributed by atoms with van der Waals surface area (Å²) in [6.07, 6.45) is -0.151. The van der Waals surface area contributed by atoms with E-state index in [0.717, 1.165) is 0 Å². The van der Waals surface area contributed by atoms with Gasteiger partial charge in [0.25, 0.3) is 0 Å². The molecule has 1 aromatic rings. The van der Waals surface area contributed by atoms with Crippen LogP contribution in [-0.2, 0) is 10.0 Å². The molecular weight excluding hydrogens is 250 g/mol. The molecule has 0 radical (unpaired) electrons. The summed E-state index contributed by atoms with van der Waals surface area (Å²) in [5.41, 5.74) is 0. The second kappa shape index (κ2) is 5.63. The monoisotopic (exact) mass is 263 g/mol. The Balaban J connectivity index is 2.71. The van der Waals surface area contributed by atoms with E-state index in [-0.39, 0.29) is 11.4 Å². The number of sulfonamides is 1. The summed E-state index contributed by atoms with van der Waals surface area (Å²) >= 11 is 5.70. The third-order valence-corrected chi connectivity index (χ3v) is 3.65. The smallest absolute Gasteiger partial charge is 0.240 e. The van der Waals surface area contributed by atoms with Gasteiger partial charge in [-0.15, -0.1) is 0 Å². The first-order valence-corrected chi connectivity index (χ1v) is 6.71. The van der Waals surface area contributed by atoms with Crippen LogP contribution >= 0.6 is 11.6 Å². The van der Waals surface area contributed by atoms with Gasteiger partial charge in [0, 0.05) is 11.6 Å². The highest BCUT2D eigenvalue weighted by atomic mass is 35.5. The summed E-state index contributed by atoms with van der Waals surface area (Å²) in [6, 6.07) is 6.03. The molecule has 0 spiro atoms. The average Bonchev–Trinajstić information content (AvgIpc) is 2.16. The summed E-state index contributed by atoms with van der Waals surface area (Å²) in [4.78, 5) is 0.130.